The summed E-state index contributed by atoms with van der Waals surface area (Å²) < 4.78 is 39.8. The number of hydrogen-bond donors (Lipinski definition) is 0. The fraction of sp³-hybridized carbons (Fsp3) is 0.833. The lowest BCUT2D eigenvalue weighted by atomic mass is 9.66. The summed E-state index contributed by atoms with van der Waals surface area (Å²) in [6.45, 7) is 3.61. The third-order valence-electron chi connectivity index (χ3n) is 4.45. The van der Waals surface area contributed by atoms with Gasteiger partial charge in [-0.3, -0.25) is 0 Å². The Labute approximate surface area is 88.5 Å². The van der Waals surface area contributed by atoms with Crippen molar-refractivity contribution in [3.63, 3.8) is 0 Å². The second kappa shape index (κ2) is 3.26. The molecule has 2 bridgehead atoms. The van der Waals surface area contributed by atoms with Gasteiger partial charge in [0.25, 0.3) is 0 Å². The summed E-state index contributed by atoms with van der Waals surface area (Å²) in [5.41, 5.74) is -1.43. The molecule has 0 aromatic rings. The summed E-state index contributed by atoms with van der Waals surface area (Å²) >= 11 is 0. The molecule has 15 heavy (non-hydrogen) atoms. The van der Waals surface area contributed by atoms with E-state index in [2.05, 4.69) is 0 Å². The Morgan fingerprint density at radius 2 is 2.07 bits per heavy atom. The summed E-state index contributed by atoms with van der Waals surface area (Å²) in [6.07, 6.45) is 1.35. The summed E-state index contributed by atoms with van der Waals surface area (Å²) in [7, 11) is 0. The van der Waals surface area contributed by atoms with Crippen molar-refractivity contribution in [2.24, 2.45) is 23.2 Å². The second-order valence-corrected chi connectivity index (χ2v) is 5.04. The molecule has 3 heteroatoms. The molecule has 0 radical (unpaired) electrons. The van der Waals surface area contributed by atoms with Crippen LogP contribution in [0.15, 0.2) is 12.2 Å². The van der Waals surface area contributed by atoms with Gasteiger partial charge in [0.05, 0.1) is 5.41 Å². The van der Waals surface area contributed by atoms with Crippen LogP contribution >= 0.6 is 0 Å². The zero-order valence-corrected chi connectivity index (χ0v) is 9.14. The maximum atomic E-state index is 13.3. The lowest BCUT2D eigenvalue weighted by Crippen LogP contribution is -2.46. The minimum Gasteiger partial charge on any atom is -0.170 e. The predicted molar refractivity (Wildman–Crippen MR) is 53.3 cm³/mol. The molecule has 1 saturated carbocycles. The van der Waals surface area contributed by atoms with E-state index in [0.717, 1.165) is 0 Å². The summed E-state index contributed by atoms with van der Waals surface area (Å²) in [5.74, 6) is -0.361. The monoisotopic (exact) mass is 218 g/mol. The SMILES string of the molecule is CCC(C)C1(C(F)(F)F)CC2C=CC1C2. The molecule has 4 atom stereocenters. The van der Waals surface area contributed by atoms with Crippen LogP contribution in [0.3, 0.4) is 0 Å². The van der Waals surface area contributed by atoms with Gasteiger partial charge in [-0.2, -0.15) is 13.2 Å². The Hall–Kier alpha value is -0.470. The Bertz CT molecular complexity index is 279. The van der Waals surface area contributed by atoms with Crippen LogP contribution in [0.2, 0.25) is 0 Å². The van der Waals surface area contributed by atoms with Gasteiger partial charge in [0, 0.05) is 0 Å². The first kappa shape index (κ1) is 11.0. The van der Waals surface area contributed by atoms with Crippen molar-refractivity contribution in [2.75, 3.05) is 0 Å². The number of halogens is 3. The zero-order valence-electron chi connectivity index (χ0n) is 9.14. The van der Waals surface area contributed by atoms with Gasteiger partial charge in [0.15, 0.2) is 0 Å². The van der Waals surface area contributed by atoms with Gasteiger partial charge in [-0.15, -0.1) is 0 Å². The predicted octanol–water partition coefficient (Wildman–Crippen LogP) is 4.18. The Kier molecular flexibility index (Phi) is 2.40. The number of alkyl halides is 3. The van der Waals surface area contributed by atoms with Crippen molar-refractivity contribution in [1.82, 2.24) is 0 Å². The summed E-state index contributed by atoms with van der Waals surface area (Å²) in [5, 5.41) is 0. The molecular weight excluding hydrogens is 201 g/mol. The minimum absolute atomic E-state index is 0.172. The standard InChI is InChI=1S/C12H17F3/c1-3-8(2)11(12(13,14)15)7-9-4-5-10(11)6-9/h4-5,8-10H,3,6-7H2,1-2H3. The number of rotatable bonds is 2. The van der Waals surface area contributed by atoms with E-state index in [-0.39, 0.29) is 17.8 Å². The van der Waals surface area contributed by atoms with E-state index in [0.29, 0.717) is 19.3 Å². The van der Waals surface area contributed by atoms with Crippen molar-refractivity contribution in [1.29, 1.82) is 0 Å². The highest BCUT2D eigenvalue weighted by molar-refractivity contribution is 5.18. The molecule has 0 aromatic carbocycles. The fourth-order valence-corrected chi connectivity index (χ4v) is 3.43. The fourth-order valence-electron chi connectivity index (χ4n) is 3.43. The topological polar surface area (TPSA) is 0 Å². The second-order valence-electron chi connectivity index (χ2n) is 5.04. The maximum Gasteiger partial charge on any atom is 0.395 e. The number of hydrogen-bond acceptors (Lipinski definition) is 0. The average molecular weight is 218 g/mol. The highest BCUT2D eigenvalue weighted by Crippen LogP contribution is 2.63. The van der Waals surface area contributed by atoms with Crippen LogP contribution in [-0.4, -0.2) is 6.18 Å². The van der Waals surface area contributed by atoms with Crippen LogP contribution in [0.5, 0.6) is 0 Å². The third-order valence-corrected chi connectivity index (χ3v) is 4.45. The van der Waals surface area contributed by atoms with Crippen LogP contribution in [0.1, 0.15) is 33.1 Å². The van der Waals surface area contributed by atoms with E-state index in [1.807, 2.05) is 13.0 Å². The van der Waals surface area contributed by atoms with E-state index in [9.17, 15) is 13.2 Å². The maximum absolute atomic E-state index is 13.3. The molecule has 0 spiro atoms. The number of allylic oxidation sites excluding steroid dienone is 2. The lowest BCUT2D eigenvalue weighted by molar-refractivity contribution is -0.251. The van der Waals surface area contributed by atoms with Crippen molar-refractivity contribution >= 4 is 0 Å². The van der Waals surface area contributed by atoms with Crippen LogP contribution in [0.4, 0.5) is 13.2 Å². The average Bonchev–Trinajstić information content (AvgIpc) is 2.74. The van der Waals surface area contributed by atoms with Gasteiger partial charge in [-0.25, -0.2) is 0 Å². The van der Waals surface area contributed by atoms with Crippen LogP contribution in [0, 0.1) is 23.2 Å². The molecule has 4 unspecified atom stereocenters. The van der Waals surface area contributed by atoms with Gasteiger partial charge in [0.2, 0.25) is 0 Å². The first-order valence-electron chi connectivity index (χ1n) is 5.67. The molecule has 0 heterocycles. The van der Waals surface area contributed by atoms with Gasteiger partial charge in [-0.05, 0) is 30.6 Å². The van der Waals surface area contributed by atoms with Gasteiger partial charge < -0.3 is 0 Å². The molecule has 2 aliphatic carbocycles. The molecular formula is C12H17F3. The quantitative estimate of drug-likeness (QED) is 0.610. The van der Waals surface area contributed by atoms with Crippen molar-refractivity contribution in [3.05, 3.63) is 12.2 Å². The highest BCUT2D eigenvalue weighted by atomic mass is 19.4. The Morgan fingerprint density at radius 3 is 2.40 bits per heavy atom. The first-order chi connectivity index (χ1) is 6.91. The lowest BCUT2D eigenvalue weighted by Gasteiger charge is -2.42. The Morgan fingerprint density at radius 1 is 1.40 bits per heavy atom. The Balaban J connectivity index is 2.38. The molecule has 0 aliphatic heterocycles. The summed E-state index contributed by atoms with van der Waals surface area (Å²) in [4.78, 5) is 0. The molecule has 2 aliphatic rings. The van der Waals surface area contributed by atoms with Crippen molar-refractivity contribution in [2.45, 2.75) is 39.3 Å². The van der Waals surface area contributed by atoms with Crippen LogP contribution in [-0.2, 0) is 0 Å². The van der Waals surface area contributed by atoms with Gasteiger partial charge >= 0.3 is 6.18 Å². The van der Waals surface area contributed by atoms with Crippen LogP contribution in [0.25, 0.3) is 0 Å². The third kappa shape index (κ3) is 1.35. The molecule has 0 nitrogen and oxygen atoms in total. The molecule has 0 N–H and O–H groups in total. The zero-order chi connectivity index (χ0) is 11.3. The van der Waals surface area contributed by atoms with Gasteiger partial charge in [-0.1, -0.05) is 32.4 Å². The van der Waals surface area contributed by atoms with E-state index < -0.39 is 11.6 Å². The normalized spacial score (nSPS) is 41.1. The highest BCUT2D eigenvalue weighted by Gasteiger charge is 2.65. The minimum atomic E-state index is -4.05. The van der Waals surface area contributed by atoms with E-state index in [1.165, 1.54) is 0 Å². The summed E-state index contributed by atoms with van der Waals surface area (Å²) in [6, 6.07) is 0. The van der Waals surface area contributed by atoms with Gasteiger partial charge in [0.1, 0.15) is 0 Å². The van der Waals surface area contributed by atoms with Crippen molar-refractivity contribution in [3.8, 4) is 0 Å². The molecule has 0 saturated heterocycles. The smallest absolute Gasteiger partial charge is 0.170 e. The molecule has 86 valence electrons. The molecule has 2 rings (SSSR count). The number of fused-ring (bicyclic) bond motifs is 2. The molecule has 0 amide bonds. The van der Waals surface area contributed by atoms with E-state index in [4.69, 9.17) is 0 Å². The largest absolute Gasteiger partial charge is 0.395 e. The van der Waals surface area contributed by atoms with E-state index in [1.54, 1.807) is 13.0 Å². The van der Waals surface area contributed by atoms with E-state index >= 15 is 0 Å². The van der Waals surface area contributed by atoms with Crippen molar-refractivity contribution < 1.29 is 13.2 Å². The first-order valence-corrected chi connectivity index (χ1v) is 5.67. The van der Waals surface area contributed by atoms with Crippen LogP contribution < -0.4 is 0 Å². The molecule has 0 aromatic heterocycles. The molecule has 1 fully saturated rings.